The van der Waals surface area contributed by atoms with Crippen molar-refractivity contribution in [3.63, 3.8) is 0 Å². The lowest BCUT2D eigenvalue weighted by Gasteiger charge is -2.38. The zero-order valence-electron chi connectivity index (χ0n) is 23.8. The van der Waals surface area contributed by atoms with E-state index in [1.54, 1.807) is 0 Å². The van der Waals surface area contributed by atoms with E-state index in [0.717, 1.165) is 12.4 Å². The predicted molar refractivity (Wildman–Crippen MR) is 166 cm³/mol. The minimum atomic E-state index is 0.616. The highest BCUT2D eigenvalue weighted by Crippen LogP contribution is 2.44. The minimum Gasteiger partial charge on any atom is -0.363 e. The fourth-order valence-corrected chi connectivity index (χ4v) is 7.74. The Labute approximate surface area is 239 Å². The SMILES string of the molecule is C=C(C1CCCCC1)N(CC1CCC(c2ccc(N(C)C)nc2)CC1)c1cccc(-c2cnc(C3CC3)s2)c1. The molecule has 0 radical (unpaired) electrons. The van der Waals surface area contributed by atoms with E-state index >= 15 is 0 Å². The van der Waals surface area contributed by atoms with Crippen LogP contribution < -0.4 is 9.80 Å². The van der Waals surface area contributed by atoms with Gasteiger partial charge in [0.25, 0.3) is 0 Å². The van der Waals surface area contributed by atoms with Gasteiger partial charge in [-0.2, -0.15) is 0 Å². The Kier molecular flexibility index (Phi) is 8.06. The molecular weight excluding hydrogens is 496 g/mol. The molecule has 0 bridgehead atoms. The molecule has 2 aromatic heterocycles. The topological polar surface area (TPSA) is 32.3 Å². The van der Waals surface area contributed by atoms with Gasteiger partial charge in [0.2, 0.25) is 0 Å². The quantitative estimate of drug-likeness (QED) is 0.271. The minimum absolute atomic E-state index is 0.616. The van der Waals surface area contributed by atoms with Gasteiger partial charge in [0, 0.05) is 50.3 Å². The fourth-order valence-electron chi connectivity index (χ4n) is 6.65. The van der Waals surface area contributed by atoms with Crippen molar-refractivity contribution in [3.8, 4) is 10.4 Å². The number of aromatic nitrogens is 2. The first-order valence-electron chi connectivity index (χ1n) is 15.2. The molecular formula is C34H44N4S. The molecule has 3 saturated carbocycles. The summed E-state index contributed by atoms with van der Waals surface area (Å²) in [6.45, 7) is 5.83. The third-order valence-electron chi connectivity index (χ3n) is 9.30. The second-order valence-electron chi connectivity index (χ2n) is 12.4. The summed E-state index contributed by atoms with van der Waals surface area (Å²) in [5.74, 6) is 3.70. The molecule has 3 aliphatic carbocycles. The van der Waals surface area contributed by atoms with E-state index < -0.39 is 0 Å². The van der Waals surface area contributed by atoms with Crippen molar-refractivity contribution in [2.45, 2.75) is 82.5 Å². The normalized spacial score (nSPS) is 22.0. The second kappa shape index (κ2) is 11.8. The van der Waals surface area contributed by atoms with Crippen molar-refractivity contribution in [2.75, 3.05) is 30.4 Å². The maximum atomic E-state index is 4.76. The summed E-state index contributed by atoms with van der Waals surface area (Å²) in [6, 6.07) is 13.7. The summed E-state index contributed by atoms with van der Waals surface area (Å²) in [7, 11) is 4.11. The predicted octanol–water partition coefficient (Wildman–Crippen LogP) is 9.02. The molecule has 0 saturated heterocycles. The van der Waals surface area contributed by atoms with Crippen LogP contribution in [-0.4, -0.2) is 30.6 Å². The summed E-state index contributed by atoms with van der Waals surface area (Å²) in [4.78, 5) is 15.4. The summed E-state index contributed by atoms with van der Waals surface area (Å²) in [5, 5.41) is 1.32. The summed E-state index contributed by atoms with van der Waals surface area (Å²) >= 11 is 1.89. The average Bonchev–Trinajstić information content (AvgIpc) is 3.72. The van der Waals surface area contributed by atoms with Crippen LogP contribution in [0.2, 0.25) is 0 Å². The molecule has 3 fully saturated rings. The van der Waals surface area contributed by atoms with Gasteiger partial charge < -0.3 is 9.80 Å². The summed E-state index contributed by atoms with van der Waals surface area (Å²) in [5.41, 5.74) is 5.37. The Bertz CT molecular complexity index is 1240. The number of hydrogen-bond acceptors (Lipinski definition) is 5. The van der Waals surface area contributed by atoms with Crippen molar-refractivity contribution in [1.29, 1.82) is 0 Å². The van der Waals surface area contributed by atoms with Gasteiger partial charge in [0.15, 0.2) is 0 Å². The highest BCUT2D eigenvalue weighted by Gasteiger charge is 2.29. The molecule has 5 heteroatoms. The van der Waals surface area contributed by atoms with Gasteiger partial charge in [-0.3, -0.25) is 0 Å². The van der Waals surface area contributed by atoms with E-state index in [1.165, 1.54) is 103 Å². The van der Waals surface area contributed by atoms with Gasteiger partial charge in [-0.1, -0.05) is 44.0 Å². The molecule has 0 unspecified atom stereocenters. The van der Waals surface area contributed by atoms with Crippen LogP contribution in [0.15, 0.2) is 61.1 Å². The van der Waals surface area contributed by atoms with Crippen LogP contribution in [0.5, 0.6) is 0 Å². The van der Waals surface area contributed by atoms with Crippen molar-refractivity contribution in [3.05, 3.63) is 71.6 Å². The molecule has 6 rings (SSSR count). The maximum Gasteiger partial charge on any atom is 0.127 e. The Morgan fingerprint density at radius 2 is 1.64 bits per heavy atom. The maximum absolute atomic E-state index is 4.76. The summed E-state index contributed by atoms with van der Waals surface area (Å²) < 4.78 is 0. The Morgan fingerprint density at radius 3 is 2.33 bits per heavy atom. The zero-order chi connectivity index (χ0) is 26.8. The van der Waals surface area contributed by atoms with E-state index in [-0.39, 0.29) is 0 Å². The van der Waals surface area contributed by atoms with E-state index in [4.69, 9.17) is 11.6 Å². The molecule has 2 heterocycles. The Hall–Kier alpha value is -2.66. The van der Waals surface area contributed by atoms with Crippen LogP contribution in [0.1, 0.15) is 93.0 Å². The van der Waals surface area contributed by atoms with E-state index in [2.05, 4.69) is 77.7 Å². The molecule has 0 N–H and O–H groups in total. The monoisotopic (exact) mass is 540 g/mol. The van der Waals surface area contributed by atoms with Crippen LogP contribution in [-0.2, 0) is 0 Å². The van der Waals surface area contributed by atoms with Crippen molar-refractivity contribution in [1.82, 2.24) is 9.97 Å². The number of hydrogen-bond donors (Lipinski definition) is 0. The third-order valence-corrected chi connectivity index (χ3v) is 10.5. The number of benzene rings is 1. The van der Waals surface area contributed by atoms with Crippen LogP contribution >= 0.6 is 11.3 Å². The molecule has 0 aliphatic heterocycles. The largest absolute Gasteiger partial charge is 0.363 e. The van der Waals surface area contributed by atoms with Crippen molar-refractivity contribution in [2.24, 2.45) is 11.8 Å². The first-order chi connectivity index (χ1) is 19.0. The fraction of sp³-hybridized carbons (Fsp3) is 0.529. The number of pyridine rings is 1. The first-order valence-corrected chi connectivity index (χ1v) is 16.0. The number of rotatable bonds is 9. The van der Waals surface area contributed by atoms with Gasteiger partial charge >= 0.3 is 0 Å². The van der Waals surface area contributed by atoms with Gasteiger partial charge in [-0.15, -0.1) is 11.3 Å². The lowest BCUT2D eigenvalue weighted by atomic mass is 9.78. The molecule has 206 valence electrons. The average molecular weight is 541 g/mol. The van der Waals surface area contributed by atoms with Crippen molar-refractivity contribution < 1.29 is 0 Å². The molecule has 0 spiro atoms. The highest BCUT2D eigenvalue weighted by atomic mass is 32.1. The molecule has 39 heavy (non-hydrogen) atoms. The number of anilines is 2. The third kappa shape index (κ3) is 6.24. The van der Waals surface area contributed by atoms with Crippen LogP contribution in [0.25, 0.3) is 10.4 Å². The molecule has 0 amide bonds. The molecule has 3 aliphatic rings. The van der Waals surface area contributed by atoms with Crippen LogP contribution in [0.4, 0.5) is 11.5 Å². The van der Waals surface area contributed by atoms with Gasteiger partial charge in [-0.25, -0.2) is 9.97 Å². The number of thiazole rings is 1. The molecule has 4 nitrogen and oxygen atoms in total. The van der Waals surface area contributed by atoms with E-state index in [1.807, 2.05) is 11.3 Å². The van der Waals surface area contributed by atoms with Gasteiger partial charge in [0.1, 0.15) is 5.82 Å². The smallest absolute Gasteiger partial charge is 0.127 e. The Morgan fingerprint density at radius 1 is 0.872 bits per heavy atom. The number of nitrogens with zero attached hydrogens (tertiary/aromatic N) is 4. The zero-order valence-corrected chi connectivity index (χ0v) is 24.6. The van der Waals surface area contributed by atoms with Gasteiger partial charge in [-0.05, 0) is 98.4 Å². The molecule has 3 aromatic rings. The van der Waals surface area contributed by atoms with Crippen LogP contribution in [0, 0.1) is 11.8 Å². The van der Waals surface area contributed by atoms with Crippen LogP contribution in [0.3, 0.4) is 0 Å². The molecule has 0 atom stereocenters. The van der Waals surface area contributed by atoms with E-state index in [0.29, 0.717) is 23.7 Å². The first kappa shape index (κ1) is 26.6. The summed E-state index contributed by atoms with van der Waals surface area (Å²) in [6.07, 6.45) is 18.5. The lowest BCUT2D eigenvalue weighted by Crippen LogP contribution is -2.33. The highest BCUT2D eigenvalue weighted by molar-refractivity contribution is 7.15. The standard InChI is InChI=1S/C34H44N4S/c1-24(26-8-5-4-6-9-26)38(31-11-7-10-29(20-31)32-22-36-34(39-32)28-16-17-28)23-25-12-14-27(15-13-25)30-18-19-33(35-21-30)37(2)3/h7,10-11,18-22,25-28H,1,4-6,8-9,12-17,23H2,2-3H3. The molecule has 1 aromatic carbocycles. The van der Waals surface area contributed by atoms with Gasteiger partial charge in [0.05, 0.1) is 9.88 Å². The Balaban J connectivity index is 1.18. The number of allylic oxidation sites excluding steroid dienone is 1. The second-order valence-corrected chi connectivity index (χ2v) is 13.4. The van der Waals surface area contributed by atoms with Crippen molar-refractivity contribution >= 4 is 22.8 Å². The lowest BCUT2D eigenvalue weighted by molar-refractivity contribution is 0.323. The van der Waals surface area contributed by atoms with E-state index in [9.17, 15) is 0 Å².